The summed E-state index contributed by atoms with van der Waals surface area (Å²) in [4.78, 5) is 10.6. The summed E-state index contributed by atoms with van der Waals surface area (Å²) in [5, 5.41) is 0. The third kappa shape index (κ3) is 3.37. The Morgan fingerprint density at radius 3 is 2.24 bits per heavy atom. The number of benzene rings is 1. The summed E-state index contributed by atoms with van der Waals surface area (Å²) in [6, 6.07) is 4.58. The Balaban J connectivity index is 3.11. The second-order valence-corrected chi connectivity index (χ2v) is 4.01. The number of carbonyl (C=O) groups is 1. The van der Waals surface area contributed by atoms with Crippen LogP contribution in [0.4, 0.5) is 18.0 Å². The van der Waals surface area contributed by atoms with E-state index in [4.69, 9.17) is 10.5 Å². The van der Waals surface area contributed by atoms with E-state index in [1.54, 1.807) is 0 Å². The molecular weight excluding hydrogens is 235 g/mol. The van der Waals surface area contributed by atoms with E-state index in [1.165, 1.54) is 26.0 Å². The Morgan fingerprint density at radius 1 is 1.24 bits per heavy atom. The van der Waals surface area contributed by atoms with Gasteiger partial charge in [0, 0.05) is 0 Å². The van der Waals surface area contributed by atoms with E-state index in [0.29, 0.717) is 0 Å². The highest BCUT2D eigenvalue weighted by atomic mass is 19.4. The molecule has 94 valence electrons. The minimum absolute atomic E-state index is 0.228. The molecule has 0 heterocycles. The van der Waals surface area contributed by atoms with Crippen LogP contribution in [0.2, 0.25) is 0 Å². The Morgan fingerprint density at radius 2 is 1.76 bits per heavy atom. The van der Waals surface area contributed by atoms with Crippen molar-refractivity contribution >= 4 is 6.09 Å². The molecule has 0 atom stereocenters. The van der Waals surface area contributed by atoms with Crippen LogP contribution in [0, 0.1) is 0 Å². The van der Waals surface area contributed by atoms with Crippen molar-refractivity contribution in [2.75, 3.05) is 0 Å². The van der Waals surface area contributed by atoms with Gasteiger partial charge in [0.25, 0.3) is 0 Å². The molecule has 0 saturated carbocycles. The van der Waals surface area contributed by atoms with Gasteiger partial charge in [-0.2, -0.15) is 13.2 Å². The lowest BCUT2D eigenvalue weighted by atomic mass is 9.96. The molecule has 6 heteroatoms. The van der Waals surface area contributed by atoms with Crippen LogP contribution in [-0.4, -0.2) is 6.09 Å². The van der Waals surface area contributed by atoms with Crippen LogP contribution in [-0.2, 0) is 16.5 Å². The highest BCUT2D eigenvalue weighted by molar-refractivity contribution is 5.65. The van der Waals surface area contributed by atoms with E-state index < -0.39 is 23.4 Å². The lowest BCUT2D eigenvalue weighted by molar-refractivity contribution is -0.137. The van der Waals surface area contributed by atoms with Gasteiger partial charge in [-0.25, -0.2) is 4.79 Å². The third-order valence-electron chi connectivity index (χ3n) is 2.24. The van der Waals surface area contributed by atoms with Crippen molar-refractivity contribution in [3.63, 3.8) is 0 Å². The molecule has 0 aliphatic rings. The molecule has 3 nitrogen and oxygen atoms in total. The maximum atomic E-state index is 12.5. The maximum absolute atomic E-state index is 12.5. The zero-order chi connectivity index (χ0) is 13.3. The first kappa shape index (κ1) is 13.3. The molecule has 0 aliphatic heterocycles. The van der Waals surface area contributed by atoms with Crippen LogP contribution in [0.25, 0.3) is 0 Å². The monoisotopic (exact) mass is 247 g/mol. The summed E-state index contributed by atoms with van der Waals surface area (Å²) in [6.45, 7) is 2.93. The van der Waals surface area contributed by atoms with Gasteiger partial charge < -0.3 is 10.5 Å². The van der Waals surface area contributed by atoms with Crippen molar-refractivity contribution in [2.24, 2.45) is 5.73 Å². The van der Waals surface area contributed by atoms with Crippen molar-refractivity contribution in [3.8, 4) is 0 Å². The molecule has 2 N–H and O–H groups in total. The third-order valence-corrected chi connectivity index (χ3v) is 2.24. The molecule has 0 radical (unpaired) electrons. The number of alkyl halides is 3. The minimum Gasteiger partial charge on any atom is -0.439 e. The van der Waals surface area contributed by atoms with Crippen LogP contribution < -0.4 is 5.73 Å². The fraction of sp³-hybridized carbons (Fsp3) is 0.364. The molecule has 0 saturated heterocycles. The first-order chi connectivity index (χ1) is 7.63. The van der Waals surface area contributed by atoms with Crippen molar-refractivity contribution in [2.45, 2.75) is 25.6 Å². The van der Waals surface area contributed by atoms with E-state index in [9.17, 15) is 18.0 Å². The molecule has 1 aromatic rings. The normalized spacial score (nSPS) is 12.3. The molecule has 0 unspecified atom stereocenters. The molecule has 17 heavy (non-hydrogen) atoms. The Kier molecular flexibility index (Phi) is 3.35. The average molecular weight is 247 g/mol. The molecule has 1 aromatic carbocycles. The number of ether oxygens (including phenoxy) is 1. The van der Waals surface area contributed by atoms with Crippen molar-refractivity contribution in [1.82, 2.24) is 0 Å². The SMILES string of the molecule is CC(C)(OC(N)=O)c1cccc(C(F)(F)F)c1. The summed E-state index contributed by atoms with van der Waals surface area (Å²) < 4.78 is 42.2. The van der Waals surface area contributed by atoms with Crippen LogP contribution in [0.15, 0.2) is 24.3 Å². The van der Waals surface area contributed by atoms with Crippen molar-refractivity contribution in [1.29, 1.82) is 0 Å². The Bertz CT molecular complexity index is 427. The molecule has 0 aliphatic carbocycles. The van der Waals surface area contributed by atoms with Gasteiger partial charge in [0.1, 0.15) is 5.60 Å². The summed E-state index contributed by atoms with van der Waals surface area (Å²) in [5.74, 6) is 0. The van der Waals surface area contributed by atoms with Gasteiger partial charge in [-0.3, -0.25) is 0 Å². The first-order valence-corrected chi connectivity index (χ1v) is 4.79. The van der Waals surface area contributed by atoms with Gasteiger partial charge in [-0.1, -0.05) is 12.1 Å². The maximum Gasteiger partial charge on any atom is 0.416 e. The first-order valence-electron chi connectivity index (χ1n) is 4.79. The van der Waals surface area contributed by atoms with E-state index in [1.807, 2.05) is 0 Å². The summed E-state index contributed by atoms with van der Waals surface area (Å²) in [7, 11) is 0. The smallest absolute Gasteiger partial charge is 0.416 e. The Hall–Kier alpha value is -1.72. The Labute approximate surface area is 96.4 Å². The van der Waals surface area contributed by atoms with E-state index in [-0.39, 0.29) is 5.56 Å². The van der Waals surface area contributed by atoms with Gasteiger partial charge in [-0.15, -0.1) is 0 Å². The van der Waals surface area contributed by atoms with Crippen molar-refractivity contribution < 1.29 is 22.7 Å². The highest BCUT2D eigenvalue weighted by Crippen LogP contribution is 2.33. The number of carbonyl (C=O) groups excluding carboxylic acids is 1. The van der Waals surface area contributed by atoms with Crippen molar-refractivity contribution in [3.05, 3.63) is 35.4 Å². The summed E-state index contributed by atoms with van der Waals surface area (Å²) in [6.07, 6.45) is -5.47. The molecular formula is C11H12F3NO2. The van der Waals surface area contributed by atoms with Gasteiger partial charge in [-0.05, 0) is 31.5 Å². The molecule has 0 aromatic heterocycles. The molecule has 0 spiro atoms. The number of amides is 1. The topological polar surface area (TPSA) is 52.3 Å². The summed E-state index contributed by atoms with van der Waals surface area (Å²) in [5.41, 5.74) is 3.09. The fourth-order valence-electron chi connectivity index (χ4n) is 1.38. The van der Waals surface area contributed by atoms with Crippen LogP contribution >= 0.6 is 0 Å². The number of hydrogen-bond donors (Lipinski definition) is 1. The number of hydrogen-bond acceptors (Lipinski definition) is 2. The zero-order valence-corrected chi connectivity index (χ0v) is 9.34. The van der Waals surface area contributed by atoms with E-state index >= 15 is 0 Å². The standard InChI is InChI=1S/C11H12F3NO2/c1-10(2,17-9(15)16)7-4-3-5-8(6-7)11(12,13)14/h3-6H,1-2H3,(H2,15,16). The predicted molar refractivity (Wildman–Crippen MR) is 55.1 cm³/mol. The van der Waals surface area contributed by atoms with Gasteiger partial charge in [0.15, 0.2) is 0 Å². The van der Waals surface area contributed by atoms with Crippen LogP contribution in [0.1, 0.15) is 25.0 Å². The van der Waals surface area contributed by atoms with Crippen LogP contribution in [0.3, 0.4) is 0 Å². The lowest BCUT2D eigenvalue weighted by Crippen LogP contribution is -2.29. The van der Waals surface area contributed by atoms with Gasteiger partial charge >= 0.3 is 12.3 Å². The molecule has 1 rings (SSSR count). The second-order valence-electron chi connectivity index (χ2n) is 4.01. The quantitative estimate of drug-likeness (QED) is 0.873. The molecule has 0 bridgehead atoms. The van der Waals surface area contributed by atoms with Gasteiger partial charge in [0.2, 0.25) is 0 Å². The number of primary amides is 1. The largest absolute Gasteiger partial charge is 0.439 e. The average Bonchev–Trinajstić information content (AvgIpc) is 2.14. The number of rotatable bonds is 2. The predicted octanol–water partition coefficient (Wildman–Crippen LogP) is 3.04. The fourth-order valence-corrected chi connectivity index (χ4v) is 1.38. The minimum atomic E-state index is -4.43. The van der Waals surface area contributed by atoms with E-state index in [0.717, 1.165) is 12.1 Å². The van der Waals surface area contributed by atoms with Gasteiger partial charge in [0.05, 0.1) is 5.56 Å². The zero-order valence-electron chi connectivity index (χ0n) is 9.34. The lowest BCUT2D eigenvalue weighted by Gasteiger charge is -2.25. The summed E-state index contributed by atoms with van der Waals surface area (Å²) >= 11 is 0. The molecule has 0 fully saturated rings. The van der Waals surface area contributed by atoms with E-state index in [2.05, 4.69) is 0 Å². The number of halogens is 3. The van der Waals surface area contributed by atoms with Crippen LogP contribution in [0.5, 0.6) is 0 Å². The number of nitrogens with two attached hydrogens (primary N) is 1. The second kappa shape index (κ2) is 4.27. The molecule has 1 amide bonds. The highest BCUT2D eigenvalue weighted by Gasteiger charge is 2.33.